The second kappa shape index (κ2) is 6.52. The third kappa shape index (κ3) is 2.83. The number of carbonyl (C=O) groups is 2. The number of hydrogen-bond acceptors (Lipinski definition) is 4. The van der Waals surface area contributed by atoms with E-state index in [0.29, 0.717) is 50.4 Å². The van der Waals surface area contributed by atoms with Gasteiger partial charge in [0.25, 0.3) is 5.56 Å². The van der Waals surface area contributed by atoms with Crippen molar-refractivity contribution in [2.75, 3.05) is 13.1 Å². The van der Waals surface area contributed by atoms with E-state index in [1.807, 2.05) is 4.90 Å². The molecule has 7 heteroatoms. The van der Waals surface area contributed by atoms with E-state index in [-0.39, 0.29) is 29.2 Å². The Morgan fingerprint density at radius 3 is 2.19 bits per heavy atom. The van der Waals surface area contributed by atoms with E-state index in [0.717, 1.165) is 25.0 Å². The molecular formula is C19H26N4O3. The van der Waals surface area contributed by atoms with Crippen LogP contribution >= 0.6 is 0 Å². The largest absolute Gasteiger partial charge is 0.342 e. The number of rotatable bonds is 2. The van der Waals surface area contributed by atoms with Gasteiger partial charge in [-0.1, -0.05) is 6.42 Å². The van der Waals surface area contributed by atoms with E-state index >= 15 is 0 Å². The third-order valence-electron chi connectivity index (χ3n) is 6.30. The predicted octanol–water partition coefficient (Wildman–Crippen LogP) is 0.970. The van der Waals surface area contributed by atoms with Gasteiger partial charge in [-0.25, -0.2) is 4.98 Å². The lowest BCUT2D eigenvalue weighted by atomic mass is 9.83. The predicted molar refractivity (Wildman–Crippen MR) is 95.1 cm³/mol. The average Bonchev–Trinajstić information content (AvgIpc) is 3.02. The fraction of sp³-hybridized carbons (Fsp3) is 0.684. The highest BCUT2D eigenvalue weighted by Crippen LogP contribution is 2.31. The van der Waals surface area contributed by atoms with Crippen molar-refractivity contribution >= 4 is 11.8 Å². The van der Waals surface area contributed by atoms with Crippen LogP contribution in [0.4, 0.5) is 0 Å². The molecule has 140 valence electrons. The number of amides is 2. The van der Waals surface area contributed by atoms with Crippen molar-refractivity contribution in [2.24, 2.45) is 18.9 Å². The number of aryl methyl sites for hydroxylation is 1. The van der Waals surface area contributed by atoms with Gasteiger partial charge in [-0.05, 0) is 32.6 Å². The Balaban J connectivity index is 1.38. The molecule has 2 amide bonds. The van der Waals surface area contributed by atoms with Crippen LogP contribution in [0.25, 0.3) is 0 Å². The highest BCUT2D eigenvalue weighted by molar-refractivity contribution is 5.81. The number of aromatic nitrogens is 2. The minimum absolute atomic E-state index is 0.0521. The second-order valence-corrected chi connectivity index (χ2v) is 7.87. The van der Waals surface area contributed by atoms with E-state index in [4.69, 9.17) is 0 Å². The van der Waals surface area contributed by atoms with Gasteiger partial charge in [0.1, 0.15) is 5.82 Å². The summed E-state index contributed by atoms with van der Waals surface area (Å²) < 4.78 is 1.54. The fourth-order valence-corrected chi connectivity index (χ4v) is 4.20. The molecule has 26 heavy (non-hydrogen) atoms. The molecule has 1 aromatic rings. The highest BCUT2D eigenvalue weighted by Gasteiger charge is 2.36. The summed E-state index contributed by atoms with van der Waals surface area (Å²) in [4.78, 5) is 45.8. The van der Waals surface area contributed by atoms with Crippen molar-refractivity contribution in [3.63, 3.8) is 0 Å². The minimum Gasteiger partial charge on any atom is -0.342 e. The SMILES string of the molecule is Cc1nc2c(c(=O)n1C)CN(C(=O)C1CCN(C(=O)C3CCC3)CC1)C2. The summed E-state index contributed by atoms with van der Waals surface area (Å²) in [5, 5.41) is 0. The molecule has 0 unspecified atom stereocenters. The molecule has 0 spiro atoms. The Morgan fingerprint density at radius 2 is 1.58 bits per heavy atom. The zero-order valence-electron chi connectivity index (χ0n) is 15.5. The topological polar surface area (TPSA) is 75.5 Å². The van der Waals surface area contributed by atoms with Crippen molar-refractivity contribution in [3.05, 3.63) is 27.4 Å². The molecule has 0 bridgehead atoms. The molecule has 1 saturated carbocycles. The van der Waals surface area contributed by atoms with E-state index in [1.54, 1.807) is 18.9 Å². The van der Waals surface area contributed by atoms with Crippen LogP contribution in [0.1, 0.15) is 49.2 Å². The second-order valence-electron chi connectivity index (χ2n) is 7.87. The molecule has 7 nitrogen and oxygen atoms in total. The molecular weight excluding hydrogens is 332 g/mol. The molecule has 1 aromatic heterocycles. The first-order chi connectivity index (χ1) is 12.5. The number of piperidine rings is 1. The van der Waals surface area contributed by atoms with Gasteiger partial charge in [0.05, 0.1) is 24.3 Å². The smallest absolute Gasteiger partial charge is 0.258 e. The van der Waals surface area contributed by atoms with Crippen molar-refractivity contribution in [2.45, 2.75) is 52.1 Å². The Hall–Kier alpha value is -2.18. The molecule has 0 N–H and O–H groups in total. The molecule has 1 saturated heterocycles. The maximum Gasteiger partial charge on any atom is 0.258 e. The average molecular weight is 358 g/mol. The summed E-state index contributed by atoms with van der Waals surface area (Å²) in [6.45, 7) is 3.93. The number of carbonyl (C=O) groups excluding carboxylic acids is 2. The Morgan fingerprint density at radius 1 is 0.962 bits per heavy atom. The monoisotopic (exact) mass is 358 g/mol. The lowest BCUT2D eigenvalue weighted by molar-refractivity contribution is -0.144. The number of nitrogens with zero attached hydrogens (tertiary/aromatic N) is 4. The Labute approximate surface area is 153 Å². The van der Waals surface area contributed by atoms with Gasteiger partial charge in [-0.3, -0.25) is 19.0 Å². The third-order valence-corrected chi connectivity index (χ3v) is 6.30. The maximum atomic E-state index is 12.9. The summed E-state index contributed by atoms with van der Waals surface area (Å²) in [5.74, 6) is 1.21. The highest BCUT2D eigenvalue weighted by atomic mass is 16.2. The van der Waals surface area contributed by atoms with E-state index in [1.165, 1.54) is 4.57 Å². The number of fused-ring (bicyclic) bond motifs is 1. The van der Waals surface area contributed by atoms with Gasteiger partial charge in [0.2, 0.25) is 11.8 Å². The summed E-state index contributed by atoms with van der Waals surface area (Å²) in [6, 6.07) is 0. The first-order valence-electron chi connectivity index (χ1n) is 9.58. The molecule has 0 atom stereocenters. The van der Waals surface area contributed by atoms with Crippen LogP contribution in [0, 0.1) is 18.8 Å². The molecule has 2 aliphatic heterocycles. The molecule has 2 fully saturated rings. The normalized spacial score (nSPS) is 20.8. The lowest BCUT2D eigenvalue weighted by Gasteiger charge is -2.37. The molecule has 4 rings (SSSR count). The molecule has 3 heterocycles. The Bertz CT molecular complexity index is 804. The van der Waals surface area contributed by atoms with Crippen LogP contribution in [-0.2, 0) is 29.7 Å². The van der Waals surface area contributed by atoms with Crippen LogP contribution in [0.5, 0.6) is 0 Å². The van der Waals surface area contributed by atoms with Crippen LogP contribution < -0.4 is 5.56 Å². The lowest BCUT2D eigenvalue weighted by Crippen LogP contribution is -2.46. The van der Waals surface area contributed by atoms with Gasteiger partial charge in [-0.2, -0.15) is 0 Å². The van der Waals surface area contributed by atoms with Crippen molar-refractivity contribution < 1.29 is 9.59 Å². The maximum absolute atomic E-state index is 12.9. The van der Waals surface area contributed by atoms with E-state index < -0.39 is 0 Å². The van der Waals surface area contributed by atoms with Gasteiger partial charge < -0.3 is 9.80 Å². The van der Waals surface area contributed by atoms with Gasteiger partial charge in [0.15, 0.2) is 0 Å². The van der Waals surface area contributed by atoms with Gasteiger partial charge in [-0.15, -0.1) is 0 Å². The number of hydrogen-bond donors (Lipinski definition) is 0. The zero-order chi connectivity index (χ0) is 18.4. The van der Waals surface area contributed by atoms with Crippen molar-refractivity contribution in [3.8, 4) is 0 Å². The van der Waals surface area contributed by atoms with Crippen LogP contribution in [0.15, 0.2) is 4.79 Å². The van der Waals surface area contributed by atoms with Gasteiger partial charge in [0, 0.05) is 32.0 Å². The van der Waals surface area contributed by atoms with E-state index in [9.17, 15) is 14.4 Å². The van der Waals surface area contributed by atoms with Crippen LogP contribution in [0.2, 0.25) is 0 Å². The van der Waals surface area contributed by atoms with Gasteiger partial charge >= 0.3 is 0 Å². The molecule has 1 aliphatic carbocycles. The van der Waals surface area contributed by atoms with Crippen molar-refractivity contribution in [1.82, 2.24) is 19.4 Å². The fourth-order valence-electron chi connectivity index (χ4n) is 4.20. The summed E-state index contributed by atoms with van der Waals surface area (Å²) in [5.41, 5.74) is 1.32. The van der Waals surface area contributed by atoms with Crippen LogP contribution in [0.3, 0.4) is 0 Å². The molecule has 0 radical (unpaired) electrons. The van der Waals surface area contributed by atoms with Crippen LogP contribution in [-0.4, -0.2) is 44.3 Å². The molecule has 3 aliphatic rings. The van der Waals surface area contributed by atoms with E-state index in [2.05, 4.69) is 4.98 Å². The summed E-state index contributed by atoms with van der Waals surface area (Å²) >= 11 is 0. The standard InChI is InChI=1S/C19H26N4O3/c1-12-20-16-11-23(10-15(16)19(26)21(12)2)18(25)14-6-8-22(9-7-14)17(24)13-4-3-5-13/h13-14H,3-11H2,1-2H3. The minimum atomic E-state index is -0.0558. The summed E-state index contributed by atoms with van der Waals surface area (Å²) in [7, 11) is 1.71. The summed E-state index contributed by atoms with van der Waals surface area (Å²) in [6.07, 6.45) is 4.63. The zero-order valence-corrected chi connectivity index (χ0v) is 15.5. The Kier molecular flexibility index (Phi) is 4.32. The quantitative estimate of drug-likeness (QED) is 0.789. The first-order valence-corrected chi connectivity index (χ1v) is 9.58. The molecule has 0 aromatic carbocycles. The van der Waals surface area contributed by atoms with Crippen molar-refractivity contribution in [1.29, 1.82) is 0 Å². The number of likely N-dealkylation sites (tertiary alicyclic amines) is 1. The first kappa shape index (κ1) is 17.2.